The highest BCUT2D eigenvalue weighted by Gasteiger charge is 2.51. The summed E-state index contributed by atoms with van der Waals surface area (Å²) >= 11 is 5.62. The molecule has 1 rings (SSSR count). The zero-order chi connectivity index (χ0) is 10.8. The molecule has 0 aliphatic heterocycles. The van der Waals surface area contributed by atoms with Crippen LogP contribution < -0.4 is 0 Å². The Labute approximate surface area is 91.6 Å². The second kappa shape index (κ2) is 4.52. The van der Waals surface area contributed by atoms with Crippen molar-refractivity contribution in [1.82, 2.24) is 4.90 Å². The molecular formula is C11H20ClNO. The zero-order valence-corrected chi connectivity index (χ0v) is 10.1. The minimum absolute atomic E-state index is 0.242. The van der Waals surface area contributed by atoms with E-state index < -0.39 is 0 Å². The van der Waals surface area contributed by atoms with E-state index in [2.05, 4.69) is 13.8 Å². The van der Waals surface area contributed by atoms with Crippen molar-refractivity contribution >= 4 is 17.5 Å². The van der Waals surface area contributed by atoms with E-state index in [0.29, 0.717) is 11.8 Å². The molecule has 0 aromatic heterocycles. The minimum Gasteiger partial charge on any atom is -0.343 e. The monoisotopic (exact) mass is 217 g/mol. The first-order chi connectivity index (χ1) is 6.53. The third kappa shape index (κ3) is 2.63. The summed E-state index contributed by atoms with van der Waals surface area (Å²) in [6.45, 7) is 7.96. The first-order valence-electron chi connectivity index (χ1n) is 5.37. The molecule has 0 spiro atoms. The first-order valence-corrected chi connectivity index (χ1v) is 5.91. The molecule has 0 aromatic carbocycles. The van der Waals surface area contributed by atoms with Gasteiger partial charge >= 0.3 is 0 Å². The zero-order valence-electron chi connectivity index (χ0n) is 9.35. The molecule has 1 fully saturated rings. The van der Waals surface area contributed by atoms with Crippen LogP contribution in [0, 0.1) is 11.3 Å². The Bertz CT molecular complexity index is 215. The van der Waals surface area contributed by atoms with E-state index >= 15 is 0 Å². The summed E-state index contributed by atoms with van der Waals surface area (Å²) in [7, 11) is 0. The molecule has 2 nitrogen and oxygen atoms in total. The van der Waals surface area contributed by atoms with Gasteiger partial charge in [0.2, 0.25) is 5.91 Å². The predicted molar refractivity (Wildman–Crippen MR) is 59.5 cm³/mol. The van der Waals surface area contributed by atoms with Gasteiger partial charge in [-0.1, -0.05) is 13.8 Å². The molecular weight excluding hydrogens is 198 g/mol. The van der Waals surface area contributed by atoms with E-state index in [1.807, 2.05) is 11.8 Å². The maximum Gasteiger partial charge on any atom is 0.226 e. The summed E-state index contributed by atoms with van der Waals surface area (Å²) in [4.78, 5) is 13.9. The number of rotatable bonds is 5. The Balaban J connectivity index is 2.41. The topological polar surface area (TPSA) is 20.3 Å². The maximum absolute atomic E-state index is 11.9. The summed E-state index contributed by atoms with van der Waals surface area (Å²) in [6.07, 6.45) is 1.94. The van der Waals surface area contributed by atoms with Gasteiger partial charge in [0.15, 0.2) is 0 Å². The van der Waals surface area contributed by atoms with Crippen molar-refractivity contribution < 1.29 is 4.79 Å². The average molecular weight is 218 g/mol. The van der Waals surface area contributed by atoms with Gasteiger partial charge in [-0.2, -0.15) is 0 Å². The van der Waals surface area contributed by atoms with Gasteiger partial charge in [-0.05, 0) is 25.2 Å². The molecule has 82 valence electrons. The van der Waals surface area contributed by atoms with Gasteiger partial charge in [-0.3, -0.25) is 4.79 Å². The van der Waals surface area contributed by atoms with E-state index in [0.717, 1.165) is 25.9 Å². The summed E-state index contributed by atoms with van der Waals surface area (Å²) in [5.41, 5.74) is 0.242. The molecule has 1 aliphatic rings. The lowest BCUT2D eigenvalue weighted by Gasteiger charge is -2.21. The van der Waals surface area contributed by atoms with Gasteiger partial charge in [0.1, 0.15) is 0 Å². The Morgan fingerprint density at radius 2 is 2.14 bits per heavy atom. The van der Waals surface area contributed by atoms with E-state index in [1.165, 1.54) is 0 Å². The largest absolute Gasteiger partial charge is 0.343 e. The molecule has 14 heavy (non-hydrogen) atoms. The third-order valence-corrected chi connectivity index (χ3v) is 3.33. The molecule has 0 bridgehead atoms. The maximum atomic E-state index is 11.9. The molecule has 3 heteroatoms. The van der Waals surface area contributed by atoms with Gasteiger partial charge in [0.05, 0.1) is 0 Å². The van der Waals surface area contributed by atoms with Crippen LogP contribution in [0.25, 0.3) is 0 Å². The summed E-state index contributed by atoms with van der Waals surface area (Å²) in [5, 5.41) is 0. The fraction of sp³-hybridized carbons (Fsp3) is 0.909. The van der Waals surface area contributed by atoms with Gasteiger partial charge in [0, 0.05) is 24.9 Å². The molecule has 0 radical (unpaired) electrons. The molecule has 1 saturated carbocycles. The van der Waals surface area contributed by atoms with Crippen molar-refractivity contribution in [2.45, 2.75) is 33.6 Å². The summed E-state index contributed by atoms with van der Waals surface area (Å²) in [6, 6.07) is 0. The Morgan fingerprint density at radius 1 is 1.57 bits per heavy atom. The number of carbonyl (C=O) groups is 1. The van der Waals surface area contributed by atoms with Crippen LogP contribution in [0.3, 0.4) is 0 Å². The second-order valence-corrected chi connectivity index (χ2v) is 5.08. The van der Waals surface area contributed by atoms with Crippen molar-refractivity contribution in [3.8, 4) is 0 Å². The minimum atomic E-state index is 0.242. The van der Waals surface area contributed by atoms with Crippen molar-refractivity contribution in [2.24, 2.45) is 11.3 Å². The predicted octanol–water partition coefficient (Wildman–Crippen LogP) is 2.51. The van der Waals surface area contributed by atoms with Crippen LogP contribution in [0.15, 0.2) is 0 Å². The average Bonchev–Trinajstić information content (AvgIpc) is 2.76. The van der Waals surface area contributed by atoms with Crippen molar-refractivity contribution in [1.29, 1.82) is 0 Å². The number of alkyl halides is 1. The summed E-state index contributed by atoms with van der Waals surface area (Å²) < 4.78 is 0. The number of nitrogens with zero attached hydrogens (tertiary/aromatic N) is 1. The molecule has 1 atom stereocenters. The van der Waals surface area contributed by atoms with E-state index in [-0.39, 0.29) is 11.3 Å². The number of halogens is 1. The Kier molecular flexibility index (Phi) is 3.82. The van der Waals surface area contributed by atoms with Crippen LogP contribution in [0.5, 0.6) is 0 Å². The van der Waals surface area contributed by atoms with Crippen molar-refractivity contribution in [3.63, 3.8) is 0 Å². The van der Waals surface area contributed by atoms with Gasteiger partial charge in [-0.25, -0.2) is 0 Å². The van der Waals surface area contributed by atoms with Crippen LogP contribution in [0.4, 0.5) is 0 Å². The molecule has 1 aliphatic carbocycles. The van der Waals surface area contributed by atoms with E-state index in [4.69, 9.17) is 11.6 Å². The number of hydrogen-bond donors (Lipinski definition) is 0. The van der Waals surface area contributed by atoms with Crippen LogP contribution >= 0.6 is 11.6 Å². The number of carbonyl (C=O) groups excluding carboxylic acids is 1. The van der Waals surface area contributed by atoms with Gasteiger partial charge in [-0.15, -0.1) is 11.6 Å². The van der Waals surface area contributed by atoms with Gasteiger partial charge in [0.25, 0.3) is 0 Å². The SMILES string of the molecule is CCN(CCCCl)C(=O)C1CC1(C)C. The lowest BCUT2D eigenvalue weighted by Crippen LogP contribution is -2.34. The molecule has 0 heterocycles. The lowest BCUT2D eigenvalue weighted by atomic mass is 10.1. The van der Waals surface area contributed by atoms with Gasteiger partial charge < -0.3 is 4.90 Å². The second-order valence-electron chi connectivity index (χ2n) is 4.71. The highest BCUT2D eigenvalue weighted by atomic mass is 35.5. The lowest BCUT2D eigenvalue weighted by molar-refractivity contribution is -0.133. The van der Waals surface area contributed by atoms with E-state index in [9.17, 15) is 4.79 Å². The normalized spacial score (nSPS) is 23.3. The number of hydrogen-bond acceptors (Lipinski definition) is 1. The first kappa shape index (κ1) is 11.8. The van der Waals surface area contributed by atoms with Crippen molar-refractivity contribution in [2.75, 3.05) is 19.0 Å². The van der Waals surface area contributed by atoms with Crippen LogP contribution in [0.1, 0.15) is 33.6 Å². The third-order valence-electron chi connectivity index (χ3n) is 3.07. The Hall–Kier alpha value is -0.240. The van der Waals surface area contributed by atoms with Crippen molar-refractivity contribution in [3.05, 3.63) is 0 Å². The fourth-order valence-corrected chi connectivity index (χ4v) is 1.90. The van der Waals surface area contributed by atoms with E-state index in [1.54, 1.807) is 0 Å². The summed E-state index contributed by atoms with van der Waals surface area (Å²) in [5.74, 6) is 1.22. The van der Waals surface area contributed by atoms with Crippen LogP contribution in [-0.4, -0.2) is 29.8 Å². The highest BCUT2D eigenvalue weighted by Crippen LogP contribution is 2.52. The number of amides is 1. The highest BCUT2D eigenvalue weighted by molar-refractivity contribution is 6.17. The smallest absolute Gasteiger partial charge is 0.226 e. The molecule has 0 aromatic rings. The Morgan fingerprint density at radius 3 is 2.50 bits per heavy atom. The van der Waals surface area contributed by atoms with Crippen LogP contribution in [-0.2, 0) is 4.79 Å². The molecule has 0 saturated heterocycles. The standard InChI is InChI=1S/C11H20ClNO/c1-4-13(7-5-6-12)10(14)9-8-11(9,2)3/h9H,4-8H2,1-3H3. The molecule has 0 N–H and O–H groups in total. The molecule has 1 amide bonds. The molecule has 1 unspecified atom stereocenters. The quantitative estimate of drug-likeness (QED) is 0.648. The fourth-order valence-electron chi connectivity index (χ4n) is 1.78. The van der Waals surface area contributed by atoms with Crippen LogP contribution in [0.2, 0.25) is 0 Å².